The van der Waals surface area contributed by atoms with Gasteiger partial charge in [-0.25, -0.2) is 13.1 Å². The molecular weight excluding hydrogens is 302 g/mol. The Bertz CT molecular complexity index is 519. The quantitative estimate of drug-likeness (QED) is 0.708. The number of nitrogens with one attached hydrogen (secondary N) is 1. The maximum absolute atomic E-state index is 11.2. The molecule has 0 saturated carbocycles. The average molecular weight is 322 g/mol. The first-order chi connectivity index (χ1) is 9.52. The highest BCUT2D eigenvalue weighted by Gasteiger charge is 2.09. The van der Waals surface area contributed by atoms with E-state index in [4.69, 9.17) is 21.1 Å². The Morgan fingerprint density at radius 3 is 2.40 bits per heavy atom. The Balaban J connectivity index is 2.69. The number of rotatable bonds is 9. The molecule has 1 N–H and O–H groups in total. The molecule has 1 aromatic rings. The van der Waals surface area contributed by atoms with E-state index < -0.39 is 15.2 Å². The van der Waals surface area contributed by atoms with Crippen LogP contribution in [0.2, 0.25) is 0 Å². The summed E-state index contributed by atoms with van der Waals surface area (Å²) in [6, 6.07) is 5.59. The summed E-state index contributed by atoms with van der Waals surface area (Å²) in [6.07, 6.45) is 0.558. The van der Waals surface area contributed by atoms with Crippen LogP contribution in [0.25, 0.3) is 0 Å². The lowest BCUT2D eigenvalue weighted by molar-refractivity contribution is 0.287. The molecule has 0 saturated heterocycles. The lowest BCUT2D eigenvalue weighted by Crippen LogP contribution is -2.26. The van der Waals surface area contributed by atoms with Crippen molar-refractivity contribution in [2.45, 2.75) is 20.3 Å². The molecule has 0 aliphatic heterocycles. The van der Waals surface area contributed by atoms with Crippen molar-refractivity contribution in [3.8, 4) is 11.5 Å². The van der Waals surface area contributed by atoms with Crippen molar-refractivity contribution < 1.29 is 17.9 Å². The molecule has 0 amide bonds. The van der Waals surface area contributed by atoms with Crippen LogP contribution < -0.4 is 14.2 Å². The SMILES string of the molecule is CCOc1ccc(CCNS(=O)(=O)CCl)cc1OCC. The molecule has 5 nitrogen and oxygen atoms in total. The summed E-state index contributed by atoms with van der Waals surface area (Å²) in [5.74, 6) is 1.37. The number of hydrogen-bond acceptors (Lipinski definition) is 4. The van der Waals surface area contributed by atoms with Crippen molar-refractivity contribution >= 4 is 21.6 Å². The second kappa shape index (κ2) is 8.34. The van der Waals surface area contributed by atoms with Crippen LogP contribution >= 0.6 is 11.6 Å². The molecule has 0 spiro atoms. The number of ether oxygens (including phenoxy) is 2. The van der Waals surface area contributed by atoms with Gasteiger partial charge in [-0.3, -0.25) is 0 Å². The summed E-state index contributed by atoms with van der Waals surface area (Å²) < 4.78 is 35.8. The Hall–Kier alpha value is -0.980. The number of hydrogen-bond donors (Lipinski definition) is 1. The number of halogens is 1. The smallest absolute Gasteiger partial charge is 0.225 e. The predicted molar refractivity (Wildman–Crippen MR) is 80.1 cm³/mol. The molecular formula is C13H20ClNO4S. The molecule has 0 aliphatic rings. The fourth-order valence-corrected chi connectivity index (χ4v) is 2.36. The van der Waals surface area contributed by atoms with E-state index in [0.717, 1.165) is 5.56 Å². The molecule has 20 heavy (non-hydrogen) atoms. The summed E-state index contributed by atoms with van der Waals surface area (Å²) in [5.41, 5.74) is 0.967. The van der Waals surface area contributed by atoms with Crippen LogP contribution in [0.15, 0.2) is 18.2 Å². The van der Waals surface area contributed by atoms with Crippen molar-refractivity contribution in [2.75, 3.05) is 25.0 Å². The molecule has 0 unspecified atom stereocenters. The van der Waals surface area contributed by atoms with E-state index in [2.05, 4.69) is 4.72 Å². The standard InChI is InChI=1S/C13H20ClNO4S/c1-3-18-12-6-5-11(9-13(12)19-4-2)7-8-15-20(16,17)10-14/h5-6,9,15H,3-4,7-8,10H2,1-2H3. The molecule has 0 fully saturated rings. The number of benzene rings is 1. The zero-order valence-corrected chi connectivity index (χ0v) is 13.3. The lowest BCUT2D eigenvalue weighted by Gasteiger charge is -2.12. The van der Waals surface area contributed by atoms with Gasteiger partial charge in [0.05, 0.1) is 13.2 Å². The fourth-order valence-electron chi connectivity index (χ4n) is 1.64. The monoisotopic (exact) mass is 321 g/mol. The molecule has 0 bridgehead atoms. The molecule has 0 heterocycles. The predicted octanol–water partition coefficient (Wildman–Crippen LogP) is 2.14. The van der Waals surface area contributed by atoms with Gasteiger partial charge in [-0.15, -0.1) is 11.6 Å². The molecule has 0 aromatic heterocycles. The summed E-state index contributed by atoms with van der Waals surface area (Å²) in [5, 5.41) is -0.430. The molecule has 7 heteroatoms. The number of sulfonamides is 1. The molecule has 114 valence electrons. The molecule has 0 aliphatic carbocycles. The third-order valence-corrected chi connectivity index (χ3v) is 4.28. The summed E-state index contributed by atoms with van der Waals surface area (Å²) in [7, 11) is -3.37. The second-order valence-electron chi connectivity index (χ2n) is 4.02. The minimum atomic E-state index is -3.37. The van der Waals surface area contributed by atoms with Crippen molar-refractivity contribution in [1.82, 2.24) is 4.72 Å². The molecule has 1 aromatic carbocycles. The van der Waals surface area contributed by atoms with Gasteiger partial charge in [0.25, 0.3) is 0 Å². The van der Waals surface area contributed by atoms with E-state index in [1.165, 1.54) is 0 Å². The average Bonchev–Trinajstić information content (AvgIpc) is 2.42. The first kappa shape index (κ1) is 17.1. The van der Waals surface area contributed by atoms with Gasteiger partial charge in [-0.2, -0.15) is 0 Å². The summed E-state index contributed by atoms with van der Waals surface area (Å²) >= 11 is 5.31. The van der Waals surface area contributed by atoms with Crippen molar-refractivity contribution in [2.24, 2.45) is 0 Å². The van der Waals surface area contributed by atoms with Crippen molar-refractivity contribution in [1.29, 1.82) is 0 Å². The Morgan fingerprint density at radius 2 is 1.80 bits per heavy atom. The van der Waals surface area contributed by atoms with E-state index in [0.29, 0.717) is 37.7 Å². The third-order valence-electron chi connectivity index (χ3n) is 2.49. The highest BCUT2D eigenvalue weighted by molar-refractivity contribution is 7.90. The van der Waals surface area contributed by atoms with Gasteiger partial charge in [0.2, 0.25) is 10.0 Å². The molecule has 1 rings (SSSR count). The summed E-state index contributed by atoms with van der Waals surface area (Å²) in [4.78, 5) is 0. The van der Waals surface area contributed by atoms with Crippen LogP contribution in [0.5, 0.6) is 11.5 Å². The first-order valence-electron chi connectivity index (χ1n) is 6.44. The minimum Gasteiger partial charge on any atom is -0.490 e. The molecule has 0 atom stereocenters. The molecule has 0 radical (unpaired) electrons. The van der Waals surface area contributed by atoms with E-state index >= 15 is 0 Å². The van der Waals surface area contributed by atoms with Crippen molar-refractivity contribution in [3.05, 3.63) is 23.8 Å². The van der Waals surface area contributed by atoms with E-state index in [1.54, 1.807) is 0 Å². The topological polar surface area (TPSA) is 64.6 Å². The van der Waals surface area contributed by atoms with Gasteiger partial charge in [0.15, 0.2) is 11.5 Å². The zero-order chi connectivity index (χ0) is 15.0. The van der Waals surface area contributed by atoms with Crippen molar-refractivity contribution in [3.63, 3.8) is 0 Å². The second-order valence-corrected chi connectivity index (χ2v) is 6.41. The van der Waals surface area contributed by atoms with E-state index in [-0.39, 0.29) is 0 Å². The first-order valence-corrected chi connectivity index (χ1v) is 8.63. The minimum absolute atomic E-state index is 0.300. The fraction of sp³-hybridized carbons (Fsp3) is 0.538. The van der Waals surface area contributed by atoms with E-state index in [1.807, 2.05) is 32.0 Å². The van der Waals surface area contributed by atoms with Crippen LogP contribution in [-0.2, 0) is 16.4 Å². The normalized spacial score (nSPS) is 11.3. The highest BCUT2D eigenvalue weighted by atomic mass is 35.5. The van der Waals surface area contributed by atoms with Crippen LogP contribution in [0, 0.1) is 0 Å². The maximum Gasteiger partial charge on any atom is 0.225 e. The van der Waals surface area contributed by atoms with Gasteiger partial charge in [-0.1, -0.05) is 6.07 Å². The van der Waals surface area contributed by atoms with Gasteiger partial charge in [0.1, 0.15) is 5.21 Å². The highest BCUT2D eigenvalue weighted by Crippen LogP contribution is 2.28. The Labute approximate surface area is 125 Å². The van der Waals surface area contributed by atoms with E-state index in [9.17, 15) is 8.42 Å². The van der Waals surface area contributed by atoms with Crippen LogP contribution in [0.1, 0.15) is 19.4 Å². The van der Waals surface area contributed by atoms with Gasteiger partial charge >= 0.3 is 0 Å². The Kier molecular flexibility index (Phi) is 7.12. The van der Waals surface area contributed by atoms with Crippen LogP contribution in [-0.4, -0.2) is 33.4 Å². The number of alkyl halides is 1. The van der Waals surface area contributed by atoms with Gasteiger partial charge in [0, 0.05) is 6.54 Å². The summed E-state index contributed by atoms with van der Waals surface area (Å²) in [6.45, 7) is 5.22. The van der Waals surface area contributed by atoms with Gasteiger partial charge in [-0.05, 0) is 38.0 Å². The van der Waals surface area contributed by atoms with Crippen LogP contribution in [0.3, 0.4) is 0 Å². The van der Waals surface area contributed by atoms with Gasteiger partial charge < -0.3 is 9.47 Å². The Morgan fingerprint density at radius 1 is 1.15 bits per heavy atom. The largest absolute Gasteiger partial charge is 0.490 e. The lowest BCUT2D eigenvalue weighted by atomic mass is 10.1. The maximum atomic E-state index is 11.2. The zero-order valence-electron chi connectivity index (χ0n) is 11.7. The third kappa shape index (κ3) is 5.56. The van der Waals surface area contributed by atoms with Crippen LogP contribution in [0.4, 0.5) is 0 Å².